The Balaban J connectivity index is 1.14. The van der Waals surface area contributed by atoms with Gasteiger partial charge in [0.2, 0.25) is 6.79 Å². The highest BCUT2D eigenvalue weighted by Gasteiger charge is 2.30. The summed E-state index contributed by atoms with van der Waals surface area (Å²) in [5.74, 6) is 1.90. The van der Waals surface area contributed by atoms with Crippen LogP contribution in [-0.2, 0) is 6.54 Å². The lowest BCUT2D eigenvalue weighted by molar-refractivity contribution is 0.0408. The highest BCUT2D eigenvalue weighted by Crippen LogP contribution is 2.33. The summed E-state index contributed by atoms with van der Waals surface area (Å²) in [6.45, 7) is 7.26. The quantitative estimate of drug-likeness (QED) is 0.771. The Labute approximate surface area is 175 Å². The Morgan fingerprint density at radius 1 is 1.07 bits per heavy atom. The number of ether oxygens (including phenoxy) is 2. The van der Waals surface area contributed by atoms with Crippen molar-refractivity contribution < 1.29 is 14.3 Å². The third-order valence-electron chi connectivity index (χ3n) is 6.22. The Bertz CT molecular complexity index is 849. The SMILES string of the molecule is O=C(c1ccsc1)N1CCC[C@@H](N2CCN(Cc3ccc4c(c3)OCO4)CC2)C1. The number of hydrogen-bond donors (Lipinski definition) is 0. The van der Waals surface area contributed by atoms with Gasteiger partial charge in [-0.15, -0.1) is 0 Å². The van der Waals surface area contributed by atoms with E-state index in [4.69, 9.17) is 9.47 Å². The first-order chi connectivity index (χ1) is 14.3. The van der Waals surface area contributed by atoms with Crippen LogP contribution >= 0.6 is 11.3 Å². The normalized spacial score (nSPS) is 22.8. The molecule has 0 bridgehead atoms. The first kappa shape index (κ1) is 18.9. The minimum absolute atomic E-state index is 0.192. The lowest BCUT2D eigenvalue weighted by Crippen LogP contribution is -2.55. The van der Waals surface area contributed by atoms with Crippen molar-refractivity contribution in [3.8, 4) is 11.5 Å². The third kappa shape index (κ3) is 4.13. The molecule has 0 saturated carbocycles. The van der Waals surface area contributed by atoms with E-state index in [-0.39, 0.29) is 5.91 Å². The average Bonchev–Trinajstić information content (AvgIpc) is 3.46. The zero-order valence-corrected chi connectivity index (χ0v) is 17.4. The number of rotatable bonds is 4. The van der Waals surface area contributed by atoms with Crippen LogP contribution in [0.15, 0.2) is 35.0 Å². The van der Waals surface area contributed by atoms with Crippen LogP contribution in [-0.4, -0.2) is 72.7 Å². The van der Waals surface area contributed by atoms with Gasteiger partial charge in [0.05, 0.1) is 5.56 Å². The van der Waals surface area contributed by atoms with Gasteiger partial charge in [-0.3, -0.25) is 14.6 Å². The van der Waals surface area contributed by atoms with Gasteiger partial charge in [0.25, 0.3) is 5.91 Å². The molecular formula is C22H27N3O3S. The first-order valence-electron chi connectivity index (χ1n) is 10.4. The summed E-state index contributed by atoms with van der Waals surface area (Å²) in [5.41, 5.74) is 2.11. The Kier molecular flexibility index (Phi) is 5.44. The number of hydrogen-bond acceptors (Lipinski definition) is 6. The van der Waals surface area contributed by atoms with E-state index in [2.05, 4.69) is 26.8 Å². The maximum absolute atomic E-state index is 12.7. The molecule has 7 heteroatoms. The lowest BCUT2D eigenvalue weighted by atomic mass is 10.0. The van der Waals surface area contributed by atoms with Gasteiger partial charge in [0.15, 0.2) is 11.5 Å². The number of carbonyl (C=O) groups excluding carboxylic acids is 1. The molecule has 4 heterocycles. The van der Waals surface area contributed by atoms with Crippen molar-refractivity contribution >= 4 is 17.2 Å². The Morgan fingerprint density at radius 2 is 1.93 bits per heavy atom. The molecule has 6 nitrogen and oxygen atoms in total. The molecule has 0 N–H and O–H groups in total. The maximum Gasteiger partial charge on any atom is 0.254 e. The van der Waals surface area contributed by atoms with Crippen molar-refractivity contribution in [1.82, 2.24) is 14.7 Å². The number of carbonyl (C=O) groups is 1. The molecule has 0 radical (unpaired) electrons. The molecule has 3 aliphatic heterocycles. The van der Waals surface area contributed by atoms with E-state index >= 15 is 0 Å². The fraction of sp³-hybridized carbons (Fsp3) is 0.500. The van der Waals surface area contributed by atoms with Crippen molar-refractivity contribution in [3.63, 3.8) is 0 Å². The monoisotopic (exact) mass is 413 g/mol. The van der Waals surface area contributed by atoms with Gasteiger partial charge in [0.1, 0.15) is 0 Å². The number of piperazine rings is 1. The van der Waals surface area contributed by atoms with Crippen molar-refractivity contribution in [2.24, 2.45) is 0 Å². The second kappa shape index (κ2) is 8.34. The molecule has 2 aromatic rings. The Morgan fingerprint density at radius 3 is 2.76 bits per heavy atom. The van der Waals surface area contributed by atoms with E-state index < -0.39 is 0 Å². The van der Waals surface area contributed by atoms with Crippen molar-refractivity contribution in [2.45, 2.75) is 25.4 Å². The van der Waals surface area contributed by atoms with Crippen LogP contribution in [0, 0.1) is 0 Å². The van der Waals surface area contributed by atoms with E-state index in [1.807, 2.05) is 22.9 Å². The van der Waals surface area contributed by atoms with Gasteiger partial charge in [-0.1, -0.05) is 6.07 Å². The molecule has 0 unspecified atom stereocenters. The van der Waals surface area contributed by atoms with Gasteiger partial charge in [0, 0.05) is 57.2 Å². The zero-order chi connectivity index (χ0) is 19.6. The summed E-state index contributed by atoms with van der Waals surface area (Å²) in [5, 5.41) is 3.94. The number of amides is 1. The number of piperidine rings is 1. The zero-order valence-electron chi connectivity index (χ0n) is 16.6. The van der Waals surface area contributed by atoms with Crippen LogP contribution in [0.5, 0.6) is 11.5 Å². The number of thiophene rings is 1. The predicted molar refractivity (Wildman–Crippen MR) is 113 cm³/mol. The van der Waals surface area contributed by atoms with Gasteiger partial charge in [-0.05, 0) is 42.0 Å². The van der Waals surface area contributed by atoms with Crippen LogP contribution in [0.3, 0.4) is 0 Å². The van der Waals surface area contributed by atoms with E-state index in [1.54, 1.807) is 11.3 Å². The van der Waals surface area contributed by atoms with Crippen molar-refractivity contribution in [3.05, 3.63) is 46.2 Å². The van der Waals surface area contributed by atoms with E-state index in [9.17, 15) is 4.79 Å². The standard InChI is InChI=1S/C22H27N3O3S/c26-22(18-5-11-29-15-18)25-6-1-2-19(14-25)24-9-7-23(8-10-24)13-17-3-4-20-21(12-17)28-16-27-20/h3-5,11-12,15,19H,1-2,6-10,13-14,16H2/t19-/m1/s1. The highest BCUT2D eigenvalue weighted by molar-refractivity contribution is 7.08. The largest absolute Gasteiger partial charge is 0.454 e. The fourth-order valence-corrected chi connectivity index (χ4v) is 5.22. The molecule has 29 heavy (non-hydrogen) atoms. The number of benzene rings is 1. The molecule has 1 atom stereocenters. The fourth-order valence-electron chi connectivity index (χ4n) is 4.59. The summed E-state index contributed by atoms with van der Waals surface area (Å²) >= 11 is 1.59. The van der Waals surface area contributed by atoms with E-state index in [0.29, 0.717) is 12.8 Å². The van der Waals surface area contributed by atoms with Crippen LogP contribution in [0.25, 0.3) is 0 Å². The number of likely N-dealkylation sites (tertiary alicyclic amines) is 1. The second-order valence-electron chi connectivity index (χ2n) is 8.06. The average molecular weight is 414 g/mol. The molecule has 0 spiro atoms. The molecule has 1 aromatic carbocycles. The van der Waals surface area contributed by atoms with Crippen molar-refractivity contribution in [2.75, 3.05) is 46.1 Å². The minimum atomic E-state index is 0.192. The minimum Gasteiger partial charge on any atom is -0.454 e. The predicted octanol–water partition coefficient (Wildman–Crippen LogP) is 2.90. The number of nitrogens with zero attached hydrogens (tertiary/aromatic N) is 3. The van der Waals surface area contributed by atoms with Crippen LogP contribution in [0.2, 0.25) is 0 Å². The van der Waals surface area contributed by atoms with Gasteiger partial charge < -0.3 is 14.4 Å². The van der Waals surface area contributed by atoms with Gasteiger partial charge in [-0.2, -0.15) is 11.3 Å². The van der Waals surface area contributed by atoms with Gasteiger partial charge >= 0.3 is 0 Å². The van der Waals surface area contributed by atoms with E-state index in [1.165, 1.54) is 12.0 Å². The lowest BCUT2D eigenvalue weighted by Gasteiger charge is -2.43. The van der Waals surface area contributed by atoms with Crippen molar-refractivity contribution in [1.29, 1.82) is 0 Å². The number of fused-ring (bicyclic) bond motifs is 1. The molecule has 1 amide bonds. The van der Waals surface area contributed by atoms with Crippen LogP contribution in [0.1, 0.15) is 28.8 Å². The summed E-state index contributed by atoms with van der Waals surface area (Å²) in [6, 6.07) is 8.67. The molecule has 0 aliphatic carbocycles. The highest BCUT2D eigenvalue weighted by atomic mass is 32.1. The molecule has 1 aromatic heterocycles. The molecular weight excluding hydrogens is 386 g/mol. The maximum atomic E-state index is 12.7. The van der Waals surface area contributed by atoms with Gasteiger partial charge in [-0.25, -0.2) is 0 Å². The topological polar surface area (TPSA) is 45.3 Å². The van der Waals surface area contributed by atoms with E-state index in [0.717, 1.165) is 69.3 Å². The molecule has 3 aliphatic rings. The smallest absolute Gasteiger partial charge is 0.254 e. The molecule has 5 rings (SSSR count). The summed E-state index contributed by atoms with van der Waals surface area (Å²) in [4.78, 5) is 19.9. The third-order valence-corrected chi connectivity index (χ3v) is 6.90. The molecule has 2 fully saturated rings. The second-order valence-corrected chi connectivity index (χ2v) is 8.84. The van der Waals surface area contributed by atoms with Crippen LogP contribution < -0.4 is 9.47 Å². The summed E-state index contributed by atoms with van der Waals surface area (Å²) in [7, 11) is 0. The first-order valence-corrected chi connectivity index (χ1v) is 11.4. The molecule has 2 saturated heterocycles. The Hall–Kier alpha value is -2.09. The summed E-state index contributed by atoms with van der Waals surface area (Å²) in [6.07, 6.45) is 2.29. The molecule has 154 valence electrons. The summed E-state index contributed by atoms with van der Waals surface area (Å²) < 4.78 is 10.9. The van der Waals surface area contributed by atoms with Crippen LogP contribution in [0.4, 0.5) is 0 Å².